The van der Waals surface area contributed by atoms with E-state index in [9.17, 15) is 34.2 Å². The number of esters is 2. The maximum Gasteiger partial charge on any atom is 0.333 e. The van der Waals surface area contributed by atoms with E-state index in [1.54, 1.807) is 20.8 Å². The molecule has 0 radical (unpaired) electrons. The van der Waals surface area contributed by atoms with Crippen LogP contribution in [0.3, 0.4) is 0 Å². The number of barbiturate groups is 1. The number of ether oxygens (including phenoxy) is 2. The van der Waals surface area contributed by atoms with E-state index >= 15 is 0 Å². The number of β-amino-alcohol motifs (C(OH)–C–C–N with tert-alkyl or cyclic N) is 2. The lowest BCUT2D eigenvalue weighted by Gasteiger charge is -2.44. The summed E-state index contributed by atoms with van der Waals surface area (Å²) in [7, 11) is 1.13. The number of nitrogens with zero attached hydrogens (tertiary/aromatic N) is 2. The van der Waals surface area contributed by atoms with Gasteiger partial charge < -0.3 is 19.7 Å². The van der Waals surface area contributed by atoms with Gasteiger partial charge in [-0.15, -0.1) is 0 Å². The third kappa shape index (κ3) is 6.11. The summed E-state index contributed by atoms with van der Waals surface area (Å²) in [6.07, 6.45) is -0.177. The molecule has 174 valence electrons. The molecule has 0 aromatic rings. The highest BCUT2D eigenvalue weighted by molar-refractivity contribution is 6.19. The lowest BCUT2D eigenvalue weighted by Crippen LogP contribution is -2.66. The molecular weight excluding hydrogens is 412 g/mol. The third-order valence-electron chi connectivity index (χ3n) is 5.21. The number of rotatable bonds is 11. The van der Waals surface area contributed by atoms with E-state index in [1.807, 2.05) is 0 Å². The molecule has 0 spiro atoms. The van der Waals surface area contributed by atoms with Gasteiger partial charge in [0, 0.05) is 12.2 Å². The maximum atomic E-state index is 13.0. The van der Waals surface area contributed by atoms with E-state index in [4.69, 9.17) is 4.74 Å². The van der Waals surface area contributed by atoms with Crippen molar-refractivity contribution < 1.29 is 43.7 Å². The summed E-state index contributed by atoms with van der Waals surface area (Å²) in [6, 6.07) is -0.948. The molecule has 2 atom stereocenters. The fraction of sp³-hybridized carbons (Fsp3) is 0.650. The first-order chi connectivity index (χ1) is 14.6. The van der Waals surface area contributed by atoms with Crippen molar-refractivity contribution in [3.05, 3.63) is 12.2 Å². The SMILES string of the molecule is CCC(O)CN1C(=O)N(CC(O)COC(=O)/C=C/C(=O)OC)C(=O)C(CC)(CC)C1=O. The maximum absolute atomic E-state index is 13.0. The van der Waals surface area contributed by atoms with Crippen LogP contribution in [0.4, 0.5) is 4.79 Å². The highest BCUT2D eigenvalue weighted by atomic mass is 16.5. The molecular formula is C20H30N2O9. The van der Waals surface area contributed by atoms with Crippen LogP contribution in [0.5, 0.6) is 0 Å². The zero-order valence-corrected chi connectivity index (χ0v) is 18.2. The Kier molecular flexibility index (Phi) is 9.79. The first-order valence-electron chi connectivity index (χ1n) is 10.0. The largest absolute Gasteiger partial charge is 0.466 e. The highest BCUT2D eigenvalue weighted by Crippen LogP contribution is 2.36. The van der Waals surface area contributed by atoms with Crippen LogP contribution in [0.2, 0.25) is 0 Å². The Morgan fingerprint density at radius 3 is 1.87 bits per heavy atom. The number of aliphatic hydroxyl groups excluding tert-OH is 2. The molecule has 1 heterocycles. The second-order valence-electron chi connectivity index (χ2n) is 7.11. The Hall–Kier alpha value is -2.79. The van der Waals surface area contributed by atoms with Crippen molar-refractivity contribution in [1.29, 1.82) is 0 Å². The molecule has 1 saturated heterocycles. The monoisotopic (exact) mass is 442 g/mol. The molecule has 0 aromatic heterocycles. The van der Waals surface area contributed by atoms with Gasteiger partial charge in [0.1, 0.15) is 18.1 Å². The summed E-state index contributed by atoms with van der Waals surface area (Å²) in [4.78, 5) is 62.9. The molecule has 31 heavy (non-hydrogen) atoms. The van der Waals surface area contributed by atoms with Crippen molar-refractivity contribution in [2.75, 3.05) is 26.8 Å². The van der Waals surface area contributed by atoms with Crippen LogP contribution < -0.4 is 0 Å². The van der Waals surface area contributed by atoms with Gasteiger partial charge in [0.15, 0.2) is 0 Å². The van der Waals surface area contributed by atoms with E-state index in [0.29, 0.717) is 6.42 Å². The number of hydrogen-bond acceptors (Lipinski definition) is 9. The van der Waals surface area contributed by atoms with E-state index in [0.717, 1.165) is 29.1 Å². The van der Waals surface area contributed by atoms with Crippen LogP contribution in [0.15, 0.2) is 12.2 Å². The molecule has 1 aliphatic rings. The predicted molar refractivity (Wildman–Crippen MR) is 106 cm³/mol. The summed E-state index contributed by atoms with van der Waals surface area (Å²) in [5.41, 5.74) is -1.49. The Labute approximate surface area is 180 Å². The van der Waals surface area contributed by atoms with Crippen molar-refractivity contribution >= 4 is 29.8 Å². The zero-order chi connectivity index (χ0) is 23.8. The molecule has 1 rings (SSSR count). The summed E-state index contributed by atoms with van der Waals surface area (Å²) < 4.78 is 9.12. The van der Waals surface area contributed by atoms with Gasteiger partial charge in [0.25, 0.3) is 0 Å². The molecule has 0 aromatic carbocycles. The molecule has 2 unspecified atom stereocenters. The Morgan fingerprint density at radius 2 is 1.42 bits per heavy atom. The number of methoxy groups -OCH3 is 1. The second-order valence-corrected chi connectivity index (χ2v) is 7.11. The van der Waals surface area contributed by atoms with E-state index in [1.165, 1.54) is 0 Å². The third-order valence-corrected chi connectivity index (χ3v) is 5.21. The summed E-state index contributed by atoms with van der Waals surface area (Å²) in [6.45, 7) is 3.63. The van der Waals surface area contributed by atoms with Crippen LogP contribution in [0.1, 0.15) is 40.0 Å². The number of carbonyl (C=O) groups is 5. The standard InChI is InChI=1S/C20H30N2O9/c1-5-13(23)10-21-17(27)20(6-2,7-3)18(28)22(19(21)29)11-14(24)12-31-16(26)9-8-15(25)30-4/h8-9,13-14,23-24H,5-7,10-12H2,1-4H3/b9-8+. The lowest BCUT2D eigenvalue weighted by atomic mass is 9.77. The molecule has 0 saturated carbocycles. The highest BCUT2D eigenvalue weighted by Gasteiger charge is 2.55. The fourth-order valence-corrected chi connectivity index (χ4v) is 3.14. The van der Waals surface area contributed by atoms with Crippen molar-refractivity contribution in [3.63, 3.8) is 0 Å². The minimum Gasteiger partial charge on any atom is -0.466 e. The predicted octanol–water partition coefficient (Wildman–Crippen LogP) is -0.0122. The van der Waals surface area contributed by atoms with E-state index in [-0.39, 0.29) is 19.4 Å². The van der Waals surface area contributed by atoms with Crippen LogP contribution in [-0.2, 0) is 28.7 Å². The number of amides is 4. The molecule has 1 aliphatic heterocycles. The van der Waals surface area contributed by atoms with Gasteiger partial charge >= 0.3 is 18.0 Å². The molecule has 2 N–H and O–H groups in total. The summed E-state index contributed by atoms with van der Waals surface area (Å²) >= 11 is 0. The Morgan fingerprint density at radius 1 is 0.935 bits per heavy atom. The van der Waals surface area contributed by atoms with Gasteiger partial charge in [0.05, 0.1) is 26.3 Å². The number of carbonyl (C=O) groups excluding carboxylic acids is 5. The van der Waals surface area contributed by atoms with Gasteiger partial charge in [-0.05, 0) is 19.3 Å². The van der Waals surface area contributed by atoms with E-state index < -0.39 is 60.6 Å². The first kappa shape index (κ1) is 26.2. The minimum atomic E-state index is -1.49. The van der Waals surface area contributed by atoms with Crippen LogP contribution in [0, 0.1) is 5.41 Å². The molecule has 0 aliphatic carbocycles. The topological polar surface area (TPSA) is 151 Å². The van der Waals surface area contributed by atoms with Crippen LogP contribution >= 0.6 is 0 Å². The molecule has 0 bridgehead atoms. The van der Waals surface area contributed by atoms with E-state index in [2.05, 4.69) is 4.74 Å². The van der Waals surface area contributed by atoms with Gasteiger partial charge in [-0.1, -0.05) is 20.8 Å². The smallest absolute Gasteiger partial charge is 0.333 e. The number of urea groups is 1. The van der Waals surface area contributed by atoms with Gasteiger partial charge in [-0.3, -0.25) is 19.4 Å². The minimum absolute atomic E-state index is 0.132. The van der Waals surface area contributed by atoms with Crippen LogP contribution in [0.25, 0.3) is 0 Å². The molecule has 11 heteroatoms. The van der Waals surface area contributed by atoms with Crippen LogP contribution in [-0.4, -0.2) is 88.8 Å². The average molecular weight is 442 g/mol. The second kappa shape index (κ2) is 11.6. The number of imide groups is 2. The molecule has 11 nitrogen and oxygen atoms in total. The van der Waals surface area contributed by atoms with Gasteiger partial charge in [-0.25, -0.2) is 14.4 Å². The average Bonchev–Trinajstić information content (AvgIpc) is 2.77. The fourth-order valence-electron chi connectivity index (χ4n) is 3.14. The van der Waals surface area contributed by atoms with Crippen molar-refractivity contribution in [3.8, 4) is 0 Å². The quantitative estimate of drug-likeness (QED) is 0.256. The Bertz CT molecular complexity index is 730. The zero-order valence-electron chi connectivity index (χ0n) is 18.2. The van der Waals surface area contributed by atoms with Crippen molar-refractivity contribution in [1.82, 2.24) is 9.80 Å². The number of hydrogen-bond donors (Lipinski definition) is 2. The first-order valence-corrected chi connectivity index (χ1v) is 10.0. The molecule has 4 amide bonds. The summed E-state index contributed by atoms with van der Waals surface area (Å²) in [5.74, 6) is -3.12. The van der Waals surface area contributed by atoms with Gasteiger partial charge in [-0.2, -0.15) is 0 Å². The van der Waals surface area contributed by atoms with Crippen molar-refractivity contribution in [2.24, 2.45) is 5.41 Å². The lowest BCUT2D eigenvalue weighted by molar-refractivity contribution is -0.161. The normalized spacial score (nSPS) is 18.3. The summed E-state index contributed by atoms with van der Waals surface area (Å²) in [5, 5.41) is 20.2. The van der Waals surface area contributed by atoms with Crippen molar-refractivity contribution in [2.45, 2.75) is 52.2 Å². The number of aliphatic hydroxyl groups is 2. The Balaban J connectivity index is 2.97. The molecule has 1 fully saturated rings. The van der Waals surface area contributed by atoms with Gasteiger partial charge in [0.2, 0.25) is 11.8 Å².